The molecule has 0 unspecified atom stereocenters. The molecule has 2 rings (SSSR count). The van der Waals surface area contributed by atoms with Gasteiger partial charge >= 0.3 is 0 Å². The molecule has 0 amide bonds. The Hall–Kier alpha value is -1.15. The van der Waals surface area contributed by atoms with E-state index in [0.29, 0.717) is 12.4 Å². The molecule has 3 N–H and O–H groups in total. The lowest BCUT2D eigenvalue weighted by atomic mass is 10.1. The third-order valence-electron chi connectivity index (χ3n) is 2.90. The summed E-state index contributed by atoms with van der Waals surface area (Å²) in [6.07, 6.45) is 1.92. The van der Waals surface area contributed by atoms with Crippen LogP contribution in [0.1, 0.15) is 12.6 Å². The number of fused-ring (bicyclic) bond motifs is 1. The second kappa shape index (κ2) is 5.23. The minimum atomic E-state index is -0.717. The van der Waals surface area contributed by atoms with Crippen LogP contribution in [-0.2, 0) is 6.54 Å². The lowest BCUT2D eigenvalue weighted by Gasteiger charge is -2.26. The molecule has 0 saturated carbocycles. The Labute approximate surface area is 109 Å². The molecular weight excluding hydrogens is 254 g/mol. The summed E-state index contributed by atoms with van der Waals surface area (Å²) in [6.45, 7) is 1.93. The van der Waals surface area contributed by atoms with Crippen molar-refractivity contribution in [3.05, 3.63) is 17.3 Å². The van der Waals surface area contributed by atoms with Gasteiger partial charge in [0.15, 0.2) is 4.96 Å². The summed E-state index contributed by atoms with van der Waals surface area (Å²) >= 11 is 1.53. The molecule has 18 heavy (non-hydrogen) atoms. The molecule has 0 aliphatic rings. The number of ether oxygens (including phenoxy) is 1. The maximum absolute atomic E-state index is 9.24. The van der Waals surface area contributed by atoms with Gasteiger partial charge in [-0.05, 0) is 6.92 Å². The molecule has 0 radical (unpaired) electrons. The first kappa shape index (κ1) is 13.3. The first-order chi connectivity index (χ1) is 8.63. The van der Waals surface area contributed by atoms with Gasteiger partial charge in [-0.3, -0.25) is 4.40 Å². The SMILES string of the molecule is COc1nc2sccn2c1CNC(C)(CO)CO. The third kappa shape index (κ3) is 2.35. The summed E-state index contributed by atoms with van der Waals surface area (Å²) in [5, 5.41) is 23.5. The molecule has 0 aliphatic heterocycles. The van der Waals surface area contributed by atoms with Crippen LogP contribution in [0.3, 0.4) is 0 Å². The number of hydrogen-bond acceptors (Lipinski definition) is 6. The number of hydrogen-bond donors (Lipinski definition) is 3. The van der Waals surface area contributed by atoms with E-state index in [1.54, 1.807) is 14.0 Å². The van der Waals surface area contributed by atoms with Gasteiger partial charge in [-0.2, -0.15) is 4.98 Å². The maximum Gasteiger partial charge on any atom is 0.237 e. The van der Waals surface area contributed by atoms with E-state index in [2.05, 4.69) is 10.3 Å². The molecule has 100 valence electrons. The lowest BCUT2D eigenvalue weighted by Crippen LogP contribution is -2.48. The van der Waals surface area contributed by atoms with Crippen LogP contribution in [0.2, 0.25) is 0 Å². The monoisotopic (exact) mass is 271 g/mol. The van der Waals surface area contributed by atoms with Crippen molar-refractivity contribution in [3.8, 4) is 5.88 Å². The van der Waals surface area contributed by atoms with E-state index in [4.69, 9.17) is 4.74 Å². The van der Waals surface area contributed by atoms with Crippen LogP contribution in [0.5, 0.6) is 5.88 Å². The zero-order valence-corrected chi connectivity index (χ0v) is 11.2. The molecule has 7 heteroatoms. The van der Waals surface area contributed by atoms with Crippen molar-refractivity contribution in [1.82, 2.24) is 14.7 Å². The number of thiazole rings is 1. The zero-order valence-electron chi connectivity index (χ0n) is 10.4. The molecule has 0 spiro atoms. The predicted octanol–water partition coefficient (Wildman–Crippen LogP) is 0.237. The summed E-state index contributed by atoms with van der Waals surface area (Å²) in [7, 11) is 1.58. The first-order valence-electron chi connectivity index (χ1n) is 5.58. The highest BCUT2D eigenvalue weighted by Gasteiger charge is 2.23. The van der Waals surface area contributed by atoms with Crippen LogP contribution in [0.15, 0.2) is 11.6 Å². The van der Waals surface area contributed by atoms with Gasteiger partial charge in [0, 0.05) is 18.1 Å². The lowest BCUT2D eigenvalue weighted by molar-refractivity contribution is 0.102. The minimum Gasteiger partial charge on any atom is -0.480 e. The van der Waals surface area contributed by atoms with Gasteiger partial charge in [-0.1, -0.05) is 0 Å². The summed E-state index contributed by atoms with van der Waals surface area (Å²) in [5.41, 5.74) is 0.160. The van der Waals surface area contributed by atoms with Crippen molar-refractivity contribution < 1.29 is 14.9 Å². The number of methoxy groups -OCH3 is 1. The van der Waals surface area contributed by atoms with Crippen molar-refractivity contribution in [3.63, 3.8) is 0 Å². The Morgan fingerprint density at radius 3 is 2.83 bits per heavy atom. The minimum absolute atomic E-state index is 0.141. The quantitative estimate of drug-likeness (QED) is 0.701. The van der Waals surface area contributed by atoms with Gasteiger partial charge in [-0.25, -0.2) is 0 Å². The van der Waals surface area contributed by atoms with Crippen LogP contribution < -0.4 is 10.1 Å². The van der Waals surface area contributed by atoms with Crippen LogP contribution >= 0.6 is 11.3 Å². The number of nitrogens with one attached hydrogen (secondary N) is 1. The third-order valence-corrected chi connectivity index (χ3v) is 3.65. The topological polar surface area (TPSA) is 79.0 Å². The molecule has 0 fully saturated rings. The van der Waals surface area contributed by atoms with Crippen molar-refractivity contribution >= 4 is 16.3 Å². The highest BCUT2D eigenvalue weighted by atomic mass is 32.1. The molecule has 0 aromatic carbocycles. The summed E-state index contributed by atoms with van der Waals surface area (Å²) in [5.74, 6) is 0.563. The van der Waals surface area contributed by atoms with Gasteiger partial charge in [0.2, 0.25) is 5.88 Å². The Morgan fingerprint density at radius 1 is 1.50 bits per heavy atom. The molecular formula is C11H17N3O3S. The van der Waals surface area contributed by atoms with E-state index in [1.807, 2.05) is 16.0 Å². The molecule has 6 nitrogen and oxygen atoms in total. The molecule has 2 aromatic rings. The number of aromatic nitrogens is 2. The molecule has 0 atom stereocenters. The van der Waals surface area contributed by atoms with Gasteiger partial charge in [-0.15, -0.1) is 11.3 Å². The second-order valence-corrected chi connectivity index (χ2v) is 5.23. The molecule has 0 bridgehead atoms. The van der Waals surface area contributed by atoms with Crippen LogP contribution in [0.25, 0.3) is 4.96 Å². The predicted molar refractivity (Wildman–Crippen MR) is 69.0 cm³/mol. The Bertz CT molecular complexity index is 519. The van der Waals surface area contributed by atoms with Crippen LogP contribution in [0.4, 0.5) is 0 Å². The van der Waals surface area contributed by atoms with E-state index in [-0.39, 0.29) is 13.2 Å². The highest BCUT2D eigenvalue weighted by molar-refractivity contribution is 7.15. The molecule has 2 aromatic heterocycles. The normalized spacial score (nSPS) is 12.2. The van der Waals surface area contributed by atoms with Gasteiger partial charge in [0.25, 0.3) is 0 Å². The smallest absolute Gasteiger partial charge is 0.237 e. The van der Waals surface area contributed by atoms with Crippen molar-refractivity contribution in [2.45, 2.75) is 19.0 Å². The van der Waals surface area contributed by atoms with Gasteiger partial charge in [0.05, 0.1) is 25.9 Å². The zero-order chi connectivity index (χ0) is 13.2. The fourth-order valence-electron chi connectivity index (χ4n) is 1.60. The Kier molecular flexibility index (Phi) is 3.86. The van der Waals surface area contributed by atoms with Crippen LogP contribution in [-0.4, -0.2) is 45.5 Å². The summed E-state index contributed by atoms with van der Waals surface area (Å²) in [4.78, 5) is 5.20. The maximum atomic E-state index is 9.24. The summed E-state index contributed by atoms with van der Waals surface area (Å²) in [6, 6.07) is 0. The van der Waals surface area contributed by atoms with E-state index in [9.17, 15) is 10.2 Å². The molecule has 0 aliphatic carbocycles. The first-order valence-corrected chi connectivity index (χ1v) is 6.46. The van der Waals surface area contributed by atoms with E-state index in [0.717, 1.165) is 10.7 Å². The number of imidazole rings is 1. The van der Waals surface area contributed by atoms with Gasteiger partial charge < -0.3 is 20.3 Å². The standard InChI is InChI=1S/C11H17N3O3S/c1-11(6-15,7-16)12-5-8-9(17-2)13-10-14(8)3-4-18-10/h3-4,12,15-16H,5-7H2,1-2H3. The van der Waals surface area contributed by atoms with Crippen molar-refractivity contribution in [2.75, 3.05) is 20.3 Å². The molecule has 2 heterocycles. The fourth-order valence-corrected chi connectivity index (χ4v) is 2.32. The summed E-state index contributed by atoms with van der Waals surface area (Å²) < 4.78 is 7.17. The van der Waals surface area contributed by atoms with E-state index in [1.165, 1.54) is 11.3 Å². The number of aliphatic hydroxyl groups is 2. The Balaban J connectivity index is 2.22. The second-order valence-electron chi connectivity index (χ2n) is 4.35. The van der Waals surface area contributed by atoms with E-state index >= 15 is 0 Å². The van der Waals surface area contributed by atoms with Crippen molar-refractivity contribution in [1.29, 1.82) is 0 Å². The molecule has 0 saturated heterocycles. The number of nitrogens with zero attached hydrogens (tertiary/aromatic N) is 2. The average molecular weight is 271 g/mol. The largest absolute Gasteiger partial charge is 0.480 e. The fraction of sp³-hybridized carbons (Fsp3) is 0.545. The highest BCUT2D eigenvalue weighted by Crippen LogP contribution is 2.23. The Morgan fingerprint density at radius 2 is 2.22 bits per heavy atom. The van der Waals surface area contributed by atoms with E-state index < -0.39 is 5.54 Å². The van der Waals surface area contributed by atoms with Crippen LogP contribution in [0, 0.1) is 0 Å². The number of rotatable bonds is 6. The van der Waals surface area contributed by atoms with Crippen molar-refractivity contribution in [2.24, 2.45) is 0 Å². The average Bonchev–Trinajstić information content (AvgIpc) is 2.96. The van der Waals surface area contributed by atoms with Gasteiger partial charge in [0.1, 0.15) is 5.69 Å². The number of aliphatic hydroxyl groups excluding tert-OH is 2.